The number of para-hydroxylation sites is 1. The van der Waals surface area contributed by atoms with Gasteiger partial charge in [0.25, 0.3) is 5.91 Å². The van der Waals surface area contributed by atoms with Crippen LogP contribution in [0.5, 0.6) is 0 Å². The molecule has 0 aliphatic carbocycles. The fraction of sp³-hybridized carbons (Fsp3) is 0.241. The van der Waals surface area contributed by atoms with Gasteiger partial charge in [0.2, 0.25) is 0 Å². The smallest absolute Gasteiger partial charge is 0.336 e. The third kappa shape index (κ3) is 6.00. The quantitative estimate of drug-likeness (QED) is 0.293. The third-order valence-corrected chi connectivity index (χ3v) is 8.61. The van der Waals surface area contributed by atoms with E-state index in [4.69, 9.17) is 0 Å². The van der Waals surface area contributed by atoms with Crippen molar-refractivity contribution in [2.24, 2.45) is 0 Å². The highest BCUT2D eigenvalue weighted by Crippen LogP contribution is 2.29. The first-order valence-corrected chi connectivity index (χ1v) is 14.2. The van der Waals surface area contributed by atoms with E-state index in [0.29, 0.717) is 43.6 Å². The molecule has 6 nitrogen and oxygen atoms in total. The zero-order chi connectivity index (χ0) is 28.5. The number of aromatic nitrogens is 1. The van der Waals surface area contributed by atoms with E-state index < -0.39 is 33.1 Å². The van der Waals surface area contributed by atoms with E-state index in [2.05, 4.69) is 4.98 Å². The molecule has 0 saturated carbocycles. The van der Waals surface area contributed by atoms with Crippen LogP contribution in [-0.4, -0.2) is 55.3 Å². The Morgan fingerprint density at radius 1 is 0.900 bits per heavy atom. The number of piperazine rings is 1. The maximum absolute atomic E-state index is 15.0. The van der Waals surface area contributed by atoms with Crippen molar-refractivity contribution in [2.45, 2.75) is 23.4 Å². The van der Waals surface area contributed by atoms with Crippen molar-refractivity contribution < 1.29 is 30.8 Å². The molecule has 4 aromatic rings. The van der Waals surface area contributed by atoms with E-state index >= 15 is 4.39 Å². The number of amides is 1. The summed E-state index contributed by atoms with van der Waals surface area (Å²) in [6, 6.07) is 17.0. The molecule has 3 aromatic carbocycles. The maximum atomic E-state index is 15.0. The lowest BCUT2D eigenvalue weighted by Gasteiger charge is -2.34. The summed E-state index contributed by atoms with van der Waals surface area (Å²) >= 11 is 0. The van der Waals surface area contributed by atoms with Gasteiger partial charge in [-0.2, -0.15) is 13.2 Å². The van der Waals surface area contributed by atoms with Gasteiger partial charge < -0.3 is 4.90 Å². The highest BCUT2D eigenvalue weighted by Gasteiger charge is 2.30. The van der Waals surface area contributed by atoms with Crippen LogP contribution in [0.4, 0.5) is 17.6 Å². The molecular formula is C29H25F4N3O3S. The molecule has 1 saturated heterocycles. The van der Waals surface area contributed by atoms with Crippen molar-refractivity contribution in [3.8, 4) is 0 Å². The fourth-order valence-electron chi connectivity index (χ4n) is 4.76. The number of nitrogens with zero attached hydrogens (tertiary/aromatic N) is 3. The van der Waals surface area contributed by atoms with Gasteiger partial charge in [0.15, 0.2) is 9.84 Å². The number of halogens is 4. The summed E-state index contributed by atoms with van der Waals surface area (Å²) in [7, 11) is -3.92. The Balaban J connectivity index is 1.21. The van der Waals surface area contributed by atoms with Gasteiger partial charge in [-0.05, 0) is 42.0 Å². The van der Waals surface area contributed by atoms with Gasteiger partial charge in [-0.1, -0.05) is 36.4 Å². The third-order valence-electron chi connectivity index (χ3n) is 6.92. The van der Waals surface area contributed by atoms with Crippen molar-refractivity contribution >= 4 is 26.6 Å². The molecule has 0 N–H and O–H groups in total. The van der Waals surface area contributed by atoms with Crippen molar-refractivity contribution in [2.75, 3.05) is 26.2 Å². The average molecular weight is 572 g/mol. The Morgan fingerprint density at radius 3 is 2.27 bits per heavy atom. The lowest BCUT2D eigenvalue weighted by molar-refractivity contribution is -0.137. The number of hydrogen-bond donors (Lipinski definition) is 0. The first kappa shape index (κ1) is 27.7. The molecule has 0 bridgehead atoms. The van der Waals surface area contributed by atoms with E-state index in [1.165, 1.54) is 36.5 Å². The molecule has 11 heteroatoms. The number of carbonyl (C=O) groups excluding carboxylic acids is 1. The number of alkyl halides is 3. The summed E-state index contributed by atoms with van der Waals surface area (Å²) in [6.45, 7) is 2.19. The standard InChI is InChI=1S/C29H25F4N3O3S/c30-25-17-22(8-9-23(25)19-40(38,39)26-5-1-3-21-4-2-12-34-27(21)26)28(37)36-15-13-35(14-16-36)18-20-6-10-24(11-7-20)29(31,32)33/h1-12,17H,13-16,18-19H2. The minimum Gasteiger partial charge on any atom is -0.336 e. The molecule has 1 aromatic heterocycles. The Hall–Kier alpha value is -3.83. The van der Waals surface area contributed by atoms with Crippen LogP contribution in [0.15, 0.2) is 83.9 Å². The van der Waals surface area contributed by atoms with Gasteiger partial charge in [0.05, 0.1) is 21.7 Å². The lowest BCUT2D eigenvalue weighted by atomic mass is 10.1. The second kappa shape index (κ2) is 11.0. The summed E-state index contributed by atoms with van der Waals surface area (Å²) in [6.07, 6.45) is -2.89. The molecule has 1 amide bonds. The van der Waals surface area contributed by atoms with Gasteiger partial charge in [-0.3, -0.25) is 14.7 Å². The van der Waals surface area contributed by atoms with Crippen molar-refractivity contribution in [1.29, 1.82) is 0 Å². The molecule has 40 heavy (non-hydrogen) atoms. The van der Waals surface area contributed by atoms with Gasteiger partial charge in [-0.15, -0.1) is 0 Å². The molecular weight excluding hydrogens is 546 g/mol. The monoisotopic (exact) mass is 571 g/mol. The zero-order valence-corrected chi connectivity index (χ0v) is 22.1. The minimum atomic E-state index is -4.38. The van der Waals surface area contributed by atoms with Gasteiger partial charge >= 0.3 is 6.18 Å². The van der Waals surface area contributed by atoms with Crippen LogP contribution >= 0.6 is 0 Å². The van der Waals surface area contributed by atoms with Crippen LogP contribution in [0.1, 0.15) is 27.0 Å². The number of fused-ring (bicyclic) bond motifs is 1. The van der Waals surface area contributed by atoms with Crippen molar-refractivity contribution in [3.63, 3.8) is 0 Å². The Labute approximate surface area is 228 Å². The first-order chi connectivity index (χ1) is 19.0. The first-order valence-electron chi connectivity index (χ1n) is 12.5. The predicted molar refractivity (Wildman–Crippen MR) is 142 cm³/mol. The number of hydrogen-bond acceptors (Lipinski definition) is 5. The Morgan fingerprint density at radius 2 is 1.60 bits per heavy atom. The highest BCUT2D eigenvalue weighted by molar-refractivity contribution is 7.90. The normalized spacial score (nSPS) is 14.9. The molecule has 0 unspecified atom stereocenters. The second-order valence-electron chi connectivity index (χ2n) is 9.66. The fourth-order valence-corrected chi connectivity index (χ4v) is 6.31. The van der Waals surface area contributed by atoms with E-state index in [1.54, 1.807) is 29.2 Å². The molecule has 0 radical (unpaired) electrons. The van der Waals surface area contributed by atoms with E-state index in [1.807, 2.05) is 4.90 Å². The number of rotatable bonds is 6. The van der Waals surface area contributed by atoms with E-state index in [-0.39, 0.29) is 21.9 Å². The molecule has 208 valence electrons. The van der Waals surface area contributed by atoms with Gasteiger partial charge in [0.1, 0.15) is 5.82 Å². The molecule has 0 spiro atoms. The number of sulfone groups is 1. The van der Waals surface area contributed by atoms with Gasteiger partial charge in [0, 0.05) is 55.4 Å². The van der Waals surface area contributed by atoms with Crippen LogP contribution in [0.2, 0.25) is 0 Å². The van der Waals surface area contributed by atoms with Crippen LogP contribution in [0.3, 0.4) is 0 Å². The van der Waals surface area contributed by atoms with Crippen molar-refractivity contribution in [3.05, 3.63) is 107 Å². The molecule has 5 rings (SSSR count). The average Bonchev–Trinajstić information content (AvgIpc) is 2.93. The Bertz CT molecular complexity index is 1640. The van der Waals surface area contributed by atoms with Gasteiger partial charge in [-0.25, -0.2) is 12.8 Å². The van der Waals surface area contributed by atoms with E-state index in [9.17, 15) is 26.4 Å². The van der Waals surface area contributed by atoms with Crippen LogP contribution in [-0.2, 0) is 28.3 Å². The minimum absolute atomic E-state index is 0.0133. The molecule has 1 aliphatic heterocycles. The topological polar surface area (TPSA) is 70.6 Å². The lowest BCUT2D eigenvalue weighted by Crippen LogP contribution is -2.48. The Kier molecular flexibility index (Phi) is 7.61. The summed E-state index contributed by atoms with van der Waals surface area (Å²) in [5, 5.41) is 0.657. The zero-order valence-electron chi connectivity index (χ0n) is 21.2. The molecule has 0 atom stereocenters. The van der Waals surface area contributed by atoms with Crippen LogP contribution < -0.4 is 0 Å². The number of pyridine rings is 1. The summed E-state index contributed by atoms with van der Waals surface area (Å²) in [5.74, 6) is -1.74. The summed E-state index contributed by atoms with van der Waals surface area (Å²) < 4.78 is 79.6. The number of carbonyl (C=O) groups is 1. The predicted octanol–water partition coefficient (Wildman–Crippen LogP) is 5.32. The largest absolute Gasteiger partial charge is 0.416 e. The van der Waals surface area contributed by atoms with Crippen molar-refractivity contribution in [1.82, 2.24) is 14.8 Å². The molecule has 1 fully saturated rings. The second-order valence-corrected chi connectivity index (χ2v) is 11.6. The highest BCUT2D eigenvalue weighted by atomic mass is 32.2. The van der Waals surface area contributed by atoms with E-state index in [0.717, 1.165) is 23.8 Å². The summed E-state index contributed by atoms with van der Waals surface area (Å²) in [5.41, 5.74) is 0.412. The number of benzene rings is 3. The SMILES string of the molecule is O=C(c1ccc(CS(=O)(=O)c2cccc3cccnc23)c(F)c1)N1CCN(Cc2ccc(C(F)(F)F)cc2)CC1. The van der Waals surface area contributed by atoms with Crippen LogP contribution in [0, 0.1) is 5.82 Å². The molecule has 1 aliphatic rings. The summed E-state index contributed by atoms with van der Waals surface area (Å²) in [4.78, 5) is 20.8. The van der Waals surface area contributed by atoms with Crippen LogP contribution in [0.25, 0.3) is 10.9 Å². The molecule has 2 heterocycles. The maximum Gasteiger partial charge on any atom is 0.416 e.